The fraction of sp³-hybridized carbons (Fsp3) is 0.364. The van der Waals surface area contributed by atoms with Gasteiger partial charge in [-0.2, -0.15) is 0 Å². The fourth-order valence-corrected chi connectivity index (χ4v) is 3.04. The Bertz CT molecular complexity index is 855. The normalized spacial score (nSPS) is 15.1. The van der Waals surface area contributed by atoms with Crippen LogP contribution in [0.25, 0.3) is 0 Å². The maximum Gasteiger partial charge on any atom is 0.338 e. The molecule has 1 amide bonds. The number of fused-ring (bicyclic) bond motifs is 1. The molecule has 5 heteroatoms. The maximum atomic E-state index is 12.9. The van der Waals surface area contributed by atoms with E-state index in [-0.39, 0.29) is 11.9 Å². The quantitative estimate of drug-likeness (QED) is 0.741. The number of rotatable bonds is 5. The van der Waals surface area contributed by atoms with Crippen LogP contribution in [0.2, 0.25) is 0 Å². The molecule has 1 heterocycles. The molecule has 0 saturated heterocycles. The van der Waals surface area contributed by atoms with Crippen LogP contribution in [0.1, 0.15) is 48.7 Å². The minimum atomic E-state index is -0.924. The molecule has 0 unspecified atom stereocenters. The molecule has 0 atom stereocenters. The van der Waals surface area contributed by atoms with E-state index in [2.05, 4.69) is 0 Å². The van der Waals surface area contributed by atoms with Crippen molar-refractivity contribution in [3.8, 4) is 5.75 Å². The third kappa shape index (κ3) is 3.97. The molecule has 27 heavy (non-hydrogen) atoms. The van der Waals surface area contributed by atoms with Gasteiger partial charge in [-0.3, -0.25) is 4.79 Å². The SMILES string of the molecule is CCCOC(=O)c1ccc(CN2C(=O)C(C)(C)Oc3ccc(C)cc32)cc1. The number of carbonyl (C=O) groups excluding carboxylic acids is 2. The topological polar surface area (TPSA) is 55.8 Å². The van der Waals surface area contributed by atoms with Crippen LogP contribution in [-0.2, 0) is 16.1 Å². The molecule has 0 aromatic heterocycles. The number of esters is 1. The summed E-state index contributed by atoms with van der Waals surface area (Å²) in [4.78, 5) is 26.6. The molecule has 2 aromatic carbocycles. The monoisotopic (exact) mass is 367 g/mol. The molecule has 0 aliphatic carbocycles. The largest absolute Gasteiger partial charge is 0.476 e. The molecule has 2 aromatic rings. The first-order chi connectivity index (χ1) is 12.8. The Kier molecular flexibility index (Phi) is 5.22. The van der Waals surface area contributed by atoms with E-state index in [1.807, 2.05) is 44.2 Å². The van der Waals surface area contributed by atoms with Crippen LogP contribution < -0.4 is 9.64 Å². The lowest BCUT2D eigenvalue weighted by Gasteiger charge is -2.39. The summed E-state index contributed by atoms with van der Waals surface area (Å²) < 4.78 is 11.0. The second kappa shape index (κ2) is 7.43. The highest BCUT2D eigenvalue weighted by molar-refractivity contribution is 6.02. The van der Waals surface area contributed by atoms with E-state index < -0.39 is 5.60 Å². The smallest absolute Gasteiger partial charge is 0.338 e. The predicted molar refractivity (Wildman–Crippen MR) is 104 cm³/mol. The minimum Gasteiger partial charge on any atom is -0.476 e. The van der Waals surface area contributed by atoms with Crippen molar-refractivity contribution in [3.63, 3.8) is 0 Å². The van der Waals surface area contributed by atoms with Gasteiger partial charge < -0.3 is 14.4 Å². The summed E-state index contributed by atoms with van der Waals surface area (Å²) in [7, 11) is 0. The van der Waals surface area contributed by atoms with Crippen molar-refractivity contribution in [1.82, 2.24) is 0 Å². The van der Waals surface area contributed by atoms with E-state index in [1.54, 1.807) is 30.9 Å². The number of aryl methyl sites for hydroxylation is 1. The van der Waals surface area contributed by atoms with Gasteiger partial charge >= 0.3 is 5.97 Å². The summed E-state index contributed by atoms with van der Waals surface area (Å²) >= 11 is 0. The number of hydrogen-bond donors (Lipinski definition) is 0. The van der Waals surface area contributed by atoms with Crippen LogP contribution in [0.5, 0.6) is 5.75 Å². The van der Waals surface area contributed by atoms with Gasteiger partial charge in [-0.25, -0.2) is 4.79 Å². The number of nitrogens with zero attached hydrogens (tertiary/aromatic N) is 1. The molecule has 142 valence electrons. The van der Waals surface area contributed by atoms with Crippen LogP contribution in [0.3, 0.4) is 0 Å². The molecule has 0 bridgehead atoms. The molecule has 0 fully saturated rings. The average Bonchev–Trinajstić information content (AvgIpc) is 2.64. The Morgan fingerprint density at radius 2 is 1.85 bits per heavy atom. The van der Waals surface area contributed by atoms with Crippen molar-refractivity contribution >= 4 is 17.6 Å². The molecule has 1 aliphatic rings. The van der Waals surface area contributed by atoms with E-state index in [0.717, 1.165) is 23.2 Å². The first-order valence-electron chi connectivity index (χ1n) is 9.19. The summed E-state index contributed by atoms with van der Waals surface area (Å²) in [5.41, 5.74) is 2.35. The Labute approximate surface area is 159 Å². The highest BCUT2D eigenvalue weighted by Gasteiger charge is 2.40. The van der Waals surface area contributed by atoms with Crippen LogP contribution in [-0.4, -0.2) is 24.1 Å². The highest BCUT2D eigenvalue weighted by atomic mass is 16.5. The van der Waals surface area contributed by atoms with E-state index in [4.69, 9.17) is 9.47 Å². The second-order valence-electron chi connectivity index (χ2n) is 7.31. The average molecular weight is 367 g/mol. The van der Waals surface area contributed by atoms with E-state index >= 15 is 0 Å². The summed E-state index contributed by atoms with van der Waals surface area (Å²) in [6.07, 6.45) is 0.789. The summed E-state index contributed by atoms with van der Waals surface area (Å²) in [6.45, 7) is 8.31. The maximum absolute atomic E-state index is 12.9. The standard InChI is InChI=1S/C22H25NO4/c1-5-12-26-20(24)17-9-7-16(8-10-17)14-23-18-13-15(2)6-11-19(18)27-22(3,4)21(23)25/h6-11,13H,5,12,14H2,1-4H3. The van der Waals surface area contributed by atoms with Gasteiger partial charge in [0.15, 0.2) is 5.60 Å². The second-order valence-corrected chi connectivity index (χ2v) is 7.31. The van der Waals surface area contributed by atoms with Crippen molar-refractivity contribution < 1.29 is 19.1 Å². The number of carbonyl (C=O) groups is 2. The number of benzene rings is 2. The van der Waals surface area contributed by atoms with Gasteiger partial charge in [0.25, 0.3) is 5.91 Å². The van der Waals surface area contributed by atoms with Crippen molar-refractivity contribution in [1.29, 1.82) is 0 Å². The van der Waals surface area contributed by atoms with E-state index in [9.17, 15) is 9.59 Å². The molecular weight excluding hydrogens is 342 g/mol. The predicted octanol–water partition coefficient (Wildman–Crippen LogP) is 4.27. The summed E-state index contributed by atoms with van der Waals surface area (Å²) in [5.74, 6) is 0.282. The first-order valence-corrected chi connectivity index (χ1v) is 9.19. The van der Waals surface area contributed by atoms with Crippen LogP contribution in [0.15, 0.2) is 42.5 Å². The highest BCUT2D eigenvalue weighted by Crippen LogP contribution is 2.39. The Hall–Kier alpha value is -2.82. The number of ether oxygens (including phenoxy) is 2. The zero-order valence-corrected chi connectivity index (χ0v) is 16.2. The molecule has 0 radical (unpaired) electrons. The third-order valence-corrected chi connectivity index (χ3v) is 4.50. The van der Waals surface area contributed by atoms with Gasteiger partial charge in [-0.15, -0.1) is 0 Å². The fourth-order valence-electron chi connectivity index (χ4n) is 3.04. The lowest BCUT2D eigenvalue weighted by molar-refractivity contribution is -0.132. The van der Waals surface area contributed by atoms with Gasteiger partial charge in [-0.1, -0.05) is 25.1 Å². The Morgan fingerprint density at radius 3 is 2.52 bits per heavy atom. The summed E-state index contributed by atoms with van der Waals surface area (Å²) in [6, 6.07) is 13.0. The zero-order chi connectivity index (χ0) is 19.6. The van der Waals surface area contributed by atoms with Crippen molar-refractivity contribution in [2.24, 2.45) is 0 Å². The molecule has 1 aliphatic heterocycles. The van der Waals surface area contributed by atoms with Crippen LogP contribution in [0.4, 0.5) is 5.69 Å². The van der Waals surface area contributed by atoms with Gasteiger partial charge in [0.05, 0.1) is 24.4 Å². The Morgan fingerprint density at radius 1 is 1.15 bits per heavy atom. The summed E-state index contributed by atoms with van der Waals surface area (Å²) in [5, 5.41) is 0. The lowest BCUT2D eigenvalue weighted by atomic mass is 10.0. The zero-order valence-electron chi connectivity index (χ0n) is 16.2. The molecule has 0 spiro atoms. The van der Waals surface area contributed by atoms with E-state index in [0.29, 0.717) is 24.5 Å². The minimum absolute atomic E-state index is 0.0907. The van der Waals surface area contributed by atoms with Gasteiger partial charge in [0, 0.05) is 0 Å². The van der Waals surface area contributed by atoms with Crippen molar-refractivity contribution in [3.05, 3.63) is 59.2 Å². The van der Waals surface area contributed by atoms with Gasteiger partial charge in [0.2, 0.25) is 0 Å². The van der Waals surface area contributed by atoms with Gasteiger partial charge in [-0.05, 0) is 62.6 Å². The van der Waals surface area contributed by atoms with Crippen LogP contribution >= 0.6 is 0 Å². The molecule has 0 saturated carbocycles. The van der Waals surface area contributed by atoms with Crippen molar-refractivity contribution in [2.45, 2.75) is 46.3 Å². The Balaban J connectivity index is 1.85. The number of anilines is 1. The van der Waals surface area contributed by atoms with Crippen molar-refractivity contribution in [2.75, 3.05) is 11.5 Å². The van der Waals surface area contributed by atoms with Gasteiger partial charge in [0.1, 0.15) is 5.75 Å². The first kappa shape index (κ1) is 19.0. The number of hydrogen-bond acceptors (Lipinski definition) is 4. The molecule has 3 rings (SSSR count). The molecule has 0 N–H and O–H groups in total. The molecule has 5 nitrogen and oxygen atoms in total. The lowest BCUT2D eigenvalue weighted by Crippen LogP contribution is -2.52. The van der Waals surface area contributed by atoms with Crippen LogP contribution in [0, 0.1) is 6.92 Å². The molecular formula is C22H25NO4. The number of amides is 1. The third-order valence-electron chi connectivity index (χ3n) is 4.50. The van der Waals surface area contributed by atoms with E-state index in [1.165, 1.54) is 0 Å².